The molecule has 2 heterocycles. The zero-order valence-electron chi connectivity index (χ0n) is 11.4. The van der Waals surface area contributed by atoms with Gasteiger partial charge < -0.3 is 14.5 Å². The Hall–Kier alpha value is -2.22. The molecule has 1 aromatic rings. The lowest BCUT2D eigenvalue weighted by molar-refractivity contribution is -0.384. The van der Waals surface area contributed by atoms with Gasteiger partial charge in [-0.15, -0.1) is 0 Å². The molecule has 0 aromatic carbocycles. The number of hydrogen-bond acceptors (Lipinski definition) is 7. The number of carbonyl (C=O) groups excluding carboxylic acids is 1. The van der Waals surface area contributed by atoms with Gasteiger partial charge in [-0.05, 0) is 13.1 Å². The average Bonchev–Trinajstić information content (AvgIpc) is 2.46. The molecule has 8 nitrogen and oxygen atoms in total. The molecule has 0 radical (unpaired) electrons. The summed E-state index contributed by atoms with van der Waals surface area (Å²) in [4.78, 5) is 30.2. The fraction of sp³-hybridized carbons (Fsp3) is 0.500. The summed E-state index contributed by atoms with van der Waals surface area (Å²) in [5.74, 6) is -0.374. The Labute approximate surface area is 116 Å². The molecule has 0 N–H and O–H groups in total. The van der Waals surface area contributed by atoms with E-state index in [1.807, 2.05) is 11.9 Å². The highest BCUT2D eigenvalue weighted by atomic mass is 16.6. The fourth-order valence-corrected chi connectivity index (χ4v) is 2.05. The smallest absolute Gasteiger partial charge is 0.356 e. The van der Waals surface area contributed by atoms with Crippen LogP contribution in [0.4, 0.5) is 11.5 Å². The van der Waals surface area contributed by atoms with E-state index in [0.29, 0.717) is 13.1 Å². The number of rotatable bonds is 3. The zero-order chi connectivity index (χ0) is 14.7. The van der Waals surface area contributed by atoms with E-state index in [1.165, 1.54) is 19.2 Å². The molecule has 2 rings (SSSR count). The summed E-state index contributed by atoms with van der Waals surface area (Å²) in [6.45, 7) is 2.85. The van der Waals surface area contributed by atoms with Crippen LogP contribution < -0.4 is 4.90 Å². The highest BCUT2D eigenvalue weighted by Crippen LogP contribution is 2.27. The average molecular weight is 280 g/mol. The van der Waals surface area contributed by atoms with Crippen molar-refractivity contribution in [1.82, 2.24) is 9.88 Å². The second-order valence-electron chi connectivity index (χ2n) is 4.58. The number of methoxy groups -OCH3 is 1. The monoisotopic (exact) mass is 280 g/mol. The van der Waals surface area contributed by atoms with E-state index in [4.69, 9.17) is 0 Å². The van der Waals surface area contributed by atoms with Gasteiger partial charge in [0.1, 0.15) is 0 Å². The Balaban J connectivity index is 2.36. The lowest BCUT2D eigenvalue weighted by atomic mass is 10.2. The minimum atomic E-state index is -0.602. The number of hydrogen-bond donors (Lipinski definition) is 0. The van der Waals surface area contributed by atoms with Gasteiger partial charge in [0.25, 0.3) is 0 Å². The molecule has 0 atom stereocenters. The number of likely N-dealkylation sites (N-methyl/N-ethyl adjacent to an activating group) is 1. The van der Waals surface area contributed by atoms with Crippen LogP contribution >= 0.6 is 0 Å². The summed E-state index contributed by atoms with van der Waals surface area (Å²) in [5.41, 5.74) is -0.0192. The highest BCUT2D eigenvalue weighted by molar-refractivity contribution is 5.88. The molecule has 1 fully saturated rings. The van der Waals surface area contributed by atoms with Crippen LogP contribution in [0.1, 0.15) is 10.5 Å². The summed E-state index contributed by atoms with van der Waals surface area (Å²) in [6, 6.07) is 2.61. The number of aromatic nitrogens is 1. The van der Waals surface area contributed by atoms with Crippen molar-refractivity contribution in [2.24, 2.45) is 0 Å². The molecular weight excluding hydrogens is 264 g/mol. The summed E-state index contributed by atoms with van der Waals surface area (Å²) < 4.78 is 4.60. The van der Waals surface area contributed by atoms with E-state index < -0.39 is 10.9 Å². The van der Waals surface area contributed by atoms with E-state index >= 15 is 0 Å². The Morgan fingerprint density at radius 1 is 1.35 bits per heavy atom. The first-order chi connectivity index (χ1) is 9.52. The molecule has 108 valence electrons. The molecule has 1 aromatic heterocycles. The van der Waals surface area contributed by atoms with E-state index in [-0.39, 0.29) is 17.2 Å². The molecular formula is C12H16N4O4. The third-order valence-corrected chi connectivity index (χ3v) is 3.25. The first-order valence-corrected chi connectivity index (χ1v) is 6.20. The van der Waals surface area contributed by atoms with Gasteiger partial charge in [0.05, 0.1) is 12.0 Å². The van der Waals surface area contributed by atoms with Gasteiger partial charge in [-0.2, -0.15) is 0 Å². The van der Waals surface area contributed by atoms with Crippen LogP contribution in [0, 0.1) is 10.1 Å². The third kappa shape index (κ3) is 2.85. The maximum atomic E-state index is 11.5. The minimum absolute atomic E-state index is 0.0760. The van der Waals surface area contributed by atoms with Gasteiger partial charge >= 0.3 is 11.7 Å². The second kappa shape index (κ2) is 5.83. The van der Waals surface area contributed by atoms with Crippen LogP contribution in [-0.4, -0.2) is 61.1 Å². The summed E-state index contributed by atoms with van der Waals surface area (Å²) in [6.07, 6.45) is 0. The molecule has 0 saturated carbocycles. The lowest BCUT2D eigenvalue weighted by Gasteiger charge is -2.32. The van der Waals surface area contributed by atoms with Gasteiger partial charge in [0.15, 0.2) is 5.69 Å². The van der Waals surface area contributed by atoms with Crippen LogP contribution in [0.3, 0.4) is 0 Å². The number of ether oxygens (including phenoxy) is 1. The van der Waals surface area contributed by atoms with Crippen LogP contribution in [0.5, 0.6) is 0 Å². The van der Waals surface area contributed by atoms with Crippen molar-refractivity contribution in [3.05, 3.63) is 27.9 Å². The van der Waals surface area contributed by atoms with Crippen molar-refractivity contribution in [3.8, 4) is 0 Å². The number of nitro groups is 1. The molecule has 1 saturated heterocycles. The predicted molar refractivity (Wildman–Crippen MR) is 71.9 cm³/mol. The van der Waals surface area contributed by atoms with Crippen molar-refractivity contribution in [3.63, 3.8) is 0 Å². The molecule has 8 heteroatoms. The number of carbonyl (C=O) groups is 1. The number of pyridine rings is 1. The van der Waals surface area contributed by atoms with E-state index in [1.54, 1.807) is 0 Å². The SMILES string of the molecule is COC(=O)c1ccc([N+](=O)[O-])c(N2CCN(C)CC2)n1. The van der Waals surface area contributed by atoms with Crippen molar-refractivity contribution in [1.29, 1.82) is 0 Å². The molecule has 0 spiro atoms. The van der Waals surface area contributed by atoms with Crippen LogP contribution in [-0.2, 0) is 4.74 Å². The summed E-state index contributed by atoms with van der Waals surface area (Å²) in [7, 11) is 3.24. The quantitative estimate of drug-likeness (QED) is 0.453. The Morgan fingerprint density at radius 3 is 2.55 bits per heavy atom. The van der Waals surface area contributed by atoms with Crippen LogP contribution in [0.2, 0.25) is 0 Å². The molecule has 0 unspecified atom stereocenters. The largest absolute Gasteiger partial charge is 0.464 e. The van der Waals surface area contributed by atoms with Crippen molar-refractivity contribution >= 4 is 17.5 Å². The van der Waals surface area contributed by atoms with E-state index in [9.17, 15) is 14.9 Å². The predicted octanol–water partition coefficient (Wildman–Crippen LogP) is 0.528. The number of anilines is 1. The normalized spacial score (nSPS) is 16.0. The summed E-state index contributed by atoms with van der Waals surface area (Å²) >= 11 is 0. The molecule has 0 aliphatic carbocycles. The Bertz CT molecular complexity index is 526. The molecule has 1 aliphatic heterocycles. The topological polar surface area (TPSA) is 88.8 Å². The maximum Gasteiger partial charge on any atom is 0.356 e. The number of esters is 1. The Morgan fingerprint density at radius 2 is 2.00 bits per heavy atom. The zero-order valence-corrected chi connectivity index (χ0v) is 11.4. The summed E-state index contributed by atoms with van der Waals surface area (Å²) in [5, 5.41) is 11.1. The number of piperazine rings is 1. The molecule has 20 heavy (non-hydrogen) atoms. The molecule has 1 aliphatic rings. The first kappa shape index (κ1) is 14.2. The molecule has 0 amide bonds. The molecule has 0 bridgehead atoms. The third-order valence-electron chi connectivity index (χ3n) is 3.25. The van der Waals surface area contributed by atoms with E-state index in [0.717, 1.165) is 13.1 Å². The van der Waals surface area contributed by atoms with Crippen molar-refractivity contribution < 1.29 is 14.5 Å². The van der Waals surface area contributed by atoms with Crippen LogP contribution in [0.25, 0.3) is 0 Å². The maximum absolute atomic E-state index is 11.5. The fourth-order valence-electron chi connectivity index (χ4n) is 2.05. The second-order valence-corrected chi connectivity index (χ2v) is 4.58. The standard InChI is InChI=1S/C12H16N4O4/c1-14-5-7-15(8-6-14)11-10(16(18)19)4-3-9(13-11)12(17)20-2/h3-4H,5-8H2,1-2H3. The van der Waals surface area contributed by atoms with Gasteiger partial charge in [0.2, 0.25) is 5.82 Å². The van der Waals surface area contributed by atoms with E-state index in [2.05, 4.69) is 14.6 Å². The van der Waals surface area contributed by atoms with Crippen molar-refractivity contribution in [2.75, 3.05) is 45.2 Å². The first-order valence-electron chi connectivity index (χ1n) is 6.20. The Kier molecular flexibility index (Phi) is 4.14. The highest BCUT2D eigenvalue weighted by Gasteiger charge is 2.25. The van der Waals surface area contributed by atoms with Gasteiger partial charge in [-0.25, -0.2) is 9.78 Å². The van der Waals surface area contributed by atoms with Crippen molar-refractivity contribution in [2.45, 2.75) is 0 Å². The van der Waals surface area contributed by atoms with Crippen LogP contribution in [0.15, 0.2) is 12.1 Å². The van der Waals surface area contributed by atoms with Gasteiger partial charge in [-0.1, -0.05) is 0 Å². The minimum Gasteiger partial charge on any atom is -0.464 e. The number of nitrogens with zero attached hydrogens (tertiary/aromatic N) is 4. The van der Waals surface area contributed by atoms with Gasteiger partial charge in [0, 0.05) is 32.2 Å². The van der Waals surface area contributed by atoms with Gasteiger partial charge in [-0.3, -0.25) is 10.1 Å². The lowest BCUT2D eigenvalue weighted by Crippen LogP contribution is -2.45.